The fourth-order valence-electron chi connectivity index (χ4n) is 4.70. The van der Waals surface area contributed by atoms with Gasteiger partial charge in [0.15, 0.2) is 0 Å². The van der Waals surface area contributed by atoms with Crippen LogP contribution in [0.3, 0.4) is 0 Å². The van der Waals surface area contributed by atoms with E-state index in [0.29, 0.717) is 34.9 Å². The molecular weight excluding hydrogens is 468 g/mol. The predicted octanol–water partition coefficient (Wildman–Crippen LogP) is 5.98. The van der Waals surface area contributed by atoms with Crippen molar-refractivity contribution in [2.75, 3.05) is 11.5 Å². The second kappa shape index (κ2) is 9.85. The number of aromatic amines is 1. The molecule has 0 saturated carbocycles. The molecule has 2 heterocycles. The number of nitrogens with zero attached hydrogens (tertiary/aromatic N) is 1. The number of ketones is 1. The highest BCUT2D eigenvalue weighted by Gasteiger charge is 2.47. The molecule has 0 aliphatic carbocycles. The maximum Gasteiger partial charge on any atom is 0.300 e. The number of H-pyrrole nitrogens is 1. The summed E-state index contributed by atoms with van der Waals surface area (Å²) in [5.74, 6) is -0.382. The summed E-state index contributed by atoms with van der Waals surface area (Å²) in [4.78, 5) is 31.6. The lowest BCUT2D eigenvalue weighted by Gasteiger charge is -2.25. The summed E-state index contributed by atoms with van der Waals surface area (Å²) in [5, 5.41) is 12.3. The Labute approximate surface area is 214 Å². The largest absolute Gasteiger partial charge is 0.507 e. The number of anilines is 1. The zero-order valence-electron chi connectivity index (χ0n) is 20.9. The van der Waals surface area contributed by atoms with Crippen LogP contribution >= 0.6 is 0 Å². The van der Waals surface area contributed by atoms with Crippen molar-refractivity contribution in [2.45, 2.75) is 32.9 Å². The van der Waals surface area contributed by atoms with Gasteiger partial charge < -0.3 is 19.6 Å². The third-order valence-corrected chi connectivity index (χ3v) is 6.29. The van der Waals surface area contributed by atoms with Crippen molar-refractivity contribution in [2.24, 2.45) is 0 Å². The highest BCUT2D eigenvalue weighted by molar-refractivity contribution is 6.51. The fraction of sp³-hybridized carbons (Fsp3) is 0.200. The van der Waals surface area contributed by atoms with Crippen LogP contribution in [0, 0.1) is 0 Å². The lowest BCUT2D eigenvalue weighted by molar-refractivity contribution is -0.132. The lowest BCUT2D eigenvalue weighted by atomic mass is 9.94. The molecule has 0 radical (unpaired) electrons. The first-order valence-electron chi connectivity index (χ1n) is 12.3. The molecule has 0 bridgehead atoms. The van der Waals surface area contributed by atoms with Gasteiger partial charge in [-0.2, -0.15) is 0 Å². The number of benzene rings is 3. The minimum Gasteiger partial charge on any atom is -0.507 e. The zero-order chi connectivity index (χ0) is 26.1. The molecule has 1 unspecified atom stereocenters. The van der Waals surface area contributed by atoms with Crippen LogP contribution < -0.4 is 14.4 Å². The number of aliphatic hydroxyl groups excluding tert-OH is 1. The van der Waals surface area contributed by atoms with E-state index in [1.165, 1.54) is 4.90 Å². The number of aliphatic hydroxyl groups is 1. The second-order valence-corrected chi connectivity index (χ2v) is 9.08. The molecule has 7 nitrogen and oxygen atoms in total. The molecule has 188 valence electrons. The molecule has 1 amide bonds. The number of amides is 1. The first-order chi connectivity index (χ1) is 17.9. The minimum atomic E-state index is -0.833. The van der Waals surface area contributed by atoms with Gasteiger partial charge in [-0.05, 0) is 75.4 Å². The van der Waals surface area contributed by atoms with Crippen molar-refractivity contribution >= 4 is 34.0 Å². The lowest BCUT2D eigenvalue weighted by Crippen LogP contribution is -2.29. The smallest absolute Gasteiger partial charge is 0.300 e. The molecule has 3 aromatic carbocycles. The van der Waals surface area contributed by atoms with Gasteiger partial charge in [0.05, 0.1) is 24.3 Å². The van der Waals surface area contributed by atoms with Crippen molar-refractivity contribution in [3.8, 4) is 11.5 Å². The molecule has 1 saturated heterocycles. The van der Waals surface area contributed by atoms with E-state index in [0.717, 1.165) is 10.9 Å². The van der Waals surface area contributed by atoms with Gasteiger partial charge in [0.1, 0.15) is 17.3 Å². The molecule has 0 spiro atoms. The van der Waals surface area contributed by atoms with E-state index in [1.807, 2.05) is 45.0 Å². The van der Waals surface area contributed by atoms with Gasteiger partial charge in [0, 0.05) is 33.9 Å². The van der Waals surface area contributed by atoms with Crippen LogP contribution in [-0.4, -0.2) is 34.5 Å². The molecule has 7 heteroatoms. The number of carbonyl (C=O) groups excluding carboxylic acids is 2. The maximum absolute atomic E-state index is 13.5. The van der Waals surface area contributed by atoms with Crippen molar-refractivity contribution in [1.29, 1.82) is 0 Å². The Bertz CT molecular complexity index is 1480. The predicted molar refractivity (Wildman–Crippen MR) is 143 cm³/mol. The molecule has 1 aliphatic heterocycles. The van der Waals surface area contributed by atoms with E-state index in [9.17, 15) is 14.7 Å². The van der Waals surface area contributed by atoms with Gasteiger partial charge in [0.25, 0.3) is 11.7 Å². The average Bonchev–Trinajstić information content (AvgIpc) is 3.43. The molecule has 4 aromatic rings. The molecule has 37 heavy (non-hydrogen) atoms. The number of Topliss-reactive ketones (excluding diaryl/α,β-unsaturated/α-hetero) is 1. The molecule has 5 rings (SSSR count). The molecule has 1 aromatic heterocycles. The monoisotopic (exact) mass is 496 g/mol. The highest BCUT2D eigenvalue weighted by Crippen LogP contribution is 2.44. The summed E-state index contributed by atoms with van der Waals surface area (Å²) < 4.78 is 11.2. The number of hydrogen-bond acceptors (Lipinski definition) is 5. The average molecular weight is 497 g/mol. The number of aromatic nitrogens is 1. The number of ether oxygens (including phenoxy) is 2. The first-order valence-corrected chi connectivity index (χ1v) is 12.3. The van der Waals surface area contributed by atoms with Crippen LogP contribution in [-0.2, 0) is 9.59 Å². The third-order valence-electron chi connectivity index (χ3n) is 6.29. The van der Waals surface area contributed by atoms with E-state index < -0.39 is 17.7 Å². The SMILES string of the molecule is CCOc1ccc(N2C(=O)C(=O)/C(=C(/O)c3ccc(OC(C)C)cc3)C2c2c[nH]c3ccccc23)cc1. The number of nitrogens with one attached hydrogen (secondary N) is 1. The number of para-hydroxylation sites is 1. The summed E-state index contributed by atoms with van der Waals surface area (Å²) in [7, 11) is 0. The summed E-state index contributed by atoms with van der Waals surface area (Å²) in [6, 6.07) is 20.7. The van der Waals surface area contributed by atoms with E-state index in [1.54, 1.807) is 54.7 Å². The Hall–Kier alpha value is -4.52. The normalized spacial score (nSPS) is 17.1. The Morgan fingerprint density at radius 3 is 2.32 bits per heavy atom. The van der Waals surface area contributed by atoms with Crippen molar-refractivity contribution < 1.29 is 24.2 Å². The molecule has 1 atom stereocenters. The van der Waals surface area contributed by atoms with Crippen LogP contribution in [0.15, 0.2) is 84.6 Å². The molecular formula is C30H28N2O5. The second-order valence-electron chi connectivity index (χ2n) is 9.08. The van der Waals surface area contributed by atoms with Gasteiger partial charge >= 0.3 is 0 Å². The zero-order valence-corrected chi connectivity index (χ0v) is 20.9. The number of rotatable bonds is 7. The van der Waals surface area contributed by atoms with Crippen LogP contribution in [0.5, 0.6) is 11.5 Å². The van der Waals surface area contributed by atoms with E-state index in [2.05, 4.69) is 4.98 Å². The third kappa shape index (κ3) is 4.44. The Balaban J connectivity index is 1.66. The van der Waals surface area contributed by atoms with Gasteiger partial charge in [-0.25, -0.2) is 0 Å². The standard InChI is InChI=1S/C30H28N2O5/c1-4-36-21-15-11-20(12-16-21)32-27(24-17-31-25-8-6-5-7-23(24)25)26(29(34)30(32)35)28(33)19-9-13-22(14-10-19)37-18(2)3/h5-18,27,31,33H,4H2,1-3H3/b28-26+. The van der Waals surface area contributed by atoms with Gasteiger partial charge in [-0.3, -0.25) is 14.5 Å². The van der Waals surface area contributed by atoms with E-state index >= 15 is 0 Å². The van der Waals surface area contributed by atoms with Crippen molar-refractivity contribution in [3.63, 3.8) is 0 Å². The Kier molecular flexibility index (Phi) is 6.44. The first kappa shape index (κ1) is 24.2. The summed E-state index contributed by atoms with van der Waals surface area (Å²) in [5.41, 5.74) is 2.56. The highest BCUT2D eigenvalue weighted by atomic mass is 16.5. The van der Waals surface area contributed by atoms with Crippen molar-refractivity contribution in [3.05, 3.63) is 95.7 Å². The van der Waals surface area contributed by atoms with Crippen LogP contribution in [0.1, 0.15) is 37.9 Å². The van der Waals surface area contributed by atoms with Gasteiger partial charge in [-0.15, -0.1) is 0 Å². The van der Waals surface area contributed by atoms with E-state index in [-0.39, 0.29) is 17.4 Å². The van der Waals surface area contributed by atoms with Gasteiger partial charge in [-0.1, -0.05) is 18.2 Å². The Morgan fingerprint density at radius 1 is 0.973 bits per heavy atom. The maximum atomic E-state index is 13.5. The number of fused-ring (bicyclic) bond motifs is 1. The van der Waals surface area contributed by atoms with E-state index in [4.69, 9.17) is 9.47 Å². The van der Waals surface area contributed by atoms with Crippen LogP contribution in [0.2, 0.25) is 0 Å². The summed E-state index contributed by atoms with van der Waals surface area (Å²) in [6.07, 6.45) is 1.79. The molecule has 1 fully saturated rings. The van der Waals surface area contributed by atoms with Crippen molar-refractivity contribution in [1.82, 2.24) is 4.98 Å². The Morgan fingerprint density at radius 2 is 1.65 bits per heavy atom. The van der Waals surface area contributed by atoms with Crippen LogP contribution in [0.4, 0.5) is 5.69 Å². The quantitative estimate of drug-likeness (QED) is 0.187. The number of carbonyl (C=O) groups is 2. The van der Waals surface area contributed by atoms with Crippen LogP contribution in [0.25, 0.3) is 16.7 Å². The molecule has 1 aliphatic rings. The van der Waals surface area contributed by atoms with Gasteiger partial charge in [0.2, 0.25) is 0 Å². The topological polar surface area (TPSA) is 91.9 Å². The minimum absolute atomic E-state index is 0.000702. The summed E-state index contributed by atoms with van der Waals surface area (Å²) >= 11 is 0. The number of hydrogen-bond donors (Lipinski definition) is 2. The molecule has 2 N–H and O–H groups in total. The summed E-state index contributed by atoms with van der Waals surface area (Å²) in [6.45, 7) is 6.26. The fourth-order valence-corrected chi connectivity index (χ4v) is 4.70.